The minimum atomic E-state index is -0.265. The lowest BCUT2D eigenvalue weighted by molar-refractivity contribution is -0.124. The van der Waals surface area contributed by atoms with E-state index in [2.05, 4.69) is 10.6 Å². The maximum absolute atomic E-state index is 12.2. The molecule has 26 heavy (non-hydrogen) atoms. The Bertz CT molecular complexity index is 747. The van der Waals surface area contributed by atoms with Gasteiger partial charge in [-0.3, -0.25) is 9.59 Å². The average molecular weight is 356 g/mol. The van der Waals surface area contributed by atoms with Gasteiger partial charge in [0.15, 0.2) is 0 Å². The summed E-state index contributed by atoms with van der Waals surface area (Å²) in [7, 11) is 3.07. The van der Waals surface area contributed by atoms with Gasteiger partial charge in [-0.05, 0) is 24.6 Å². The topological polar surface area (TPSA) is 76.7 Å². The highest BCUT2D eigenvalue weighted by molar-refractivity contribution is 5.94. The molecule has 0 aromatic heterocycles. The minimum absolute atomic E-state index is 0.0771. The first-order valence-corrected chi connectivity index (χ1v) is 8.39. The number of hydrogen-bond donors (Lipinski definition) is 2. The number of methoxy groups -OCH3 is 2. The number of benzene rings is 2. The summed E-state index contributed by atoms with van der Waals surface area (Å²) in [4.78, 5) is 24.2. The van der Waals surface area contributed by atoms with Gasteiger partial charge in [-0.15, -0.1) is 0 Å². The largest absolute Gasteiger partial charge is 0.497 e. The SMILES string of the molecule is COc1ccc(OC)c(NC(=O)CCC(=O)N[C@@H](C)c2ccccc2)c1. The number of ether oxygens (including phenoxy) is 2. The van der Waals surface area contributed by atoms with Crippen molar-refractivity contribution < 1.29 is 19.1 Å². The van der Waals surface area contributed by atoms with Crippen molar-refractivity contribution in [3.05, 3.63) is 54.1 Å². The first-order chi connectivity index (χ1) is 12.5. The van der Waals surface area contributed by atoms with E-state index in [0.29, 0.717) is 17.2 Å². The Balaban J connectivity index is 1.86. The van der Waals surface area contributed by atoms with Gasteiger partial charge in [0.05, 0.1) is 25.9 Å². The van der Waals surface area contributed by atoms with Gasteiger partial charge in [0.2, 0.25) is 11.8 Å². The van der Waals surface area contributed by atoms with Crippen molar-refractivity contribution in [3.63, 3.8) is 0 Å². The molecule has 0 fully saturated rings. The van der Waals surface area contributed by atoms with Crippen molar-refractivity contribution >= 4 is 17.5 Å². The van der Waals surface area contributed by atoms with Crippen molar-refractivity contribution in [2.45, 2.75) is 25.8 Å². The molecule has 0 aliphatic rings. The Kier molecular flexibility index (Phi) is 7.02. The van der Waals surface area contributed by atoms with Crippen LogP contribution in [0, 0.1) is 0 Å². The highest BCUT2D eigenvalue weighted by atomic mass is 16.5. The summed E-state index contributed by atoms with van der Waals surface area (Å²) in [6, 6.07) is 14.7. The van der Waals surface area contributed by atoms with Crippen molar-refractivity contribution in [2.24, 2.45) is 0 Å². The molecule has 2 N–H and O–H groups in total. The average Bonchev–Trinajstić information content (AvgIpc) is 2.67. The minimum Gasteiger partial charge on any atom is -0.497 e. The van der Waals surface area contributed by atoms with E-state index in [1.807, 2.05) is 37.3 Å². The van der Waals surface area contributed by atoms with Crippen LogP contribution < -0.4 is 20.1 Å². The van der Waals surface area contributed by atoms with Gasteiger partial charge in [-0.2, -0.15) is 0 Å². The fraction of sp³-hybridized carbons (Fsp3) is 0.300. The molecule has 0 unspecified atom stereocenters. The second-order valence-corrected chi connectivity index (χ2v) is 5.81. The summed E-state index contributed by atoms with van der Waals surface area (Å²) in [5.74, 6) is 0.699. The molecule has 6 nitrogen and oxygen atoms in total. The van der Waals surface area contributed by atoms with Gasteiger partial charge < -0.3 is 20.1 Å². The molecule has 0 aliphatic carbocycles. The summed E-state index contributed by atoms with van der Waals surface area (Å²) in [5.41, 5.74) is 1.53. The highest BCUT2D eigenvalue weighted by Gasteiger charge is 2.13. The number of amides is 2. The molecule has 6 heteroatoms. The molecule has 0 saturated heterocycles. The lowest BCUT2D eigenvalue weighted by Gasteiger charge is -2.14. The lowest BCUT2D eigenvalue weighted by Crippen LogP contribution is -2.27. The molecule has 0 spiro atoms. The molecular formula is C20H24N2O4. The molecule has 0 aliphatic heterocycles. The zero-order valence-corrected chi connectivity index (χ0v) is 15.2. The molecular weight excluding hydrogens is 332 g/mol. The third kappa shape index (κ3) is 5.51. The van der Waals surface area contributed by atoms with Crippen LogP contribution >= 0.6 is 0 Å². The maximum Gasteiger partial charge on any atom is 0.224 e. The fourth-order valence-electron chi connectivity index (χ4n) is 2.49. The number of carbonyl (C=O) groups is 2. The van der Waals surface area contributed by atoms with E-state index >= 15 is 0 Å². The Morgan fingerprint density at radius 2 is 1.65 bits per heavy atom. The third-order valence-corrected chi connectivity index (χ3v) is 3.94. The van der Waals surface area contributed by atoms with Crippen LogP contribution in [0.4, 0.5) is 5.69 Å². The van der Waals surface area contributed by atoms with Crippen molar-refractivity contribution in [1.29, 1.82) is 0 Å². The van der Waals surface area contributed by atoms with Crippen molar-refractivity contribution in [3.8, 4) is 11.5 Å². The summed E-state index contributed by atoms with van der Waals surface area (Å²) in [5, 5.41) is 5.65. The van der Waals surface area contributed by atoms with Crippen LogP contribution in [0.2, 0.25) is 0 Å². The van der Waals surface area contributed by atoms with Gasteiger partial charge in [0.25, 0.3) is 0 Å². The number of hydrogen-bond acceptors (Lipinski definition) is 4. The van der Waals surface area contributed by atoms with Crippen molar-refractivity contribution in [1.82, 2.24) is 5.32 Å². The maximum atomic E-state index is 12.2. The Morgan fingerprint density at radius 3 is 2.31 bits per heavy atom. The smallest absolute Gasteiger partial charge is 0.224 e. The molecule has 0 bridgehead atoms. The molecule has 2 aromatic carbocycles. The third-order valence-electron chi connectivity index (χ3n) is 3.94. The van der Waals surface area contributed by atoms with E-state index in [1.54, 1.807) is 25.3 Å². The number of carbonyl (C=O) groups excluding carboxylic acids is 2. The lowest BCUT2D eigenvalue weighted by atomic mass is 10.1. The molecule has 2 amide bonds. The van der Waals surface area contributed by atoms with Crippen LogP contribution in [0.15, 0.2) is 48.5 Å². The van der Waals surface area contributed by atoms with E-state index in [9.17, 15) is 9.59 Å². The fourth-order valence-corrected chi connectivity index (χ4v) is 2.49. The highest BCUT2D eigenvalue weighted by Crippen LogP contribution is 2.29. The Labute approximate surface area is 153 Å². The zero-order valence-electron chi connectivity index (χ0n) is 15.2. The monoisotopic (exact) mass is 356 g/mol. The molecule has 0 heterocycles. The normalized spacial score (nSPS) is 11.3. The van der Waals surface area contributed by atoms with Gasteiger partial charge >= 0.3 is 0 Å². The first-order valence-electron chi connectivity index (χ1n) is 8.39. The van der Waals surface area contributed by atoms with Crippen LogP contribution in [-0.4, -0.2) is 26.0 Å². The number of rotatable bonds is 8. The van der Waals surface area contributed by atoms with E-state index in [4.69, 9.17) is 9.47 Å². The Hall–Kier alpha value is -3.02. The predicted molar refractivity (Wildman–Crippen MR) is 100 cm³/mol. The second-order valence-electron chi connectivity index (χ2n) is 5.81. The van der Waals surface area contributed by atoms with Gasteiger partial charge in [-0.1, -0.05) is 30.3 Å². The van der Waals surface area contributed by atoms with Crippen LogP contribution in [0.5, 0.6) is 11.5 Å². The van der Waals surface area contributed by atoms with Crippen LogP contribution in [0.25, 0.3) is 0 Å². The Morgan fingerprint density at radius 1 is 0.962 bits per heavy atom. The molecule has 0 radical (unpaired) electrons. The first kappa shape index (κ1) is 19.3. The zero-order chi connectivity index (χ0) is 18.9. The summed E-state index contributed by atoms with van der Waals surface area (Å²) in [6.07, 6.45) is 0.184. The summed E-state index contributed by atoms with van der Waals surface area (Å²) >= 11 is 0. The second kappa shape index (κ2) is 9.46. The molecule has 1 atom stereocenters. The molecule has 2 aromatic rings. The van der Waals surface area contributed by atoms with Crippen LogP contribution in [-0.2, 0) is 9.59 Å². The summed E-state index contributed by atoms with van der Waals surface area (Å²) < 4.78 is 10.4. The standard InChI is InChI=1S/C20H24N2O4/c1-14(15-7-5-4-6-8-15)21-19(23)11-12-20(24)22-17-13-16(25-2)9-10-18(17)26-3/h4-10,13-14H,11-12H2,1-3H3,(H,21,23)(H,22,24)/t14-/m0/s1. The molecule has 2 rings (SSSR count). The van der Waals surface area contributed by atoms with Crippen molar-refractivity contribution in [2.75, 3.05) is 19.5 Å². The van der Waals surface area contributed by atoms with Crippen LogP contribution in [0.1, 0.15) is 31.4 Å². The predicted octanol–water partition coefficient (Wildman–Crippen LogP) is 3.30. The quantitative estimate of drug-likeness (QED) is 0.761. The number of nitrogens with one attached hydrogen (secondary N) is 2. The van der Waals surface area contributed by atoms with E-state index in [-0.39, 0.29) is 30.7 Å². The molecule has 138 valence electrons. The summed E-state index contributed by atoms with van der Waals surface area (Å²) in [6.45, 7) is 1.91. The van der Waals surface area contributed by atoms with Crippen LogP contribution in [0.3, 0.4) is 0 Å². The van der Waals surface area contributed by atoms with E-state index in [1.165, 1.54) is 7.11 Å². The number of anilines is 1. The van der Waals surface area contributed by atoms with Gasteiger partial charge in [0.1, 0.15) is 11.5 Å². The van der Waals surface area contributed by atoms with Gasteiger partial charge in [-0.25, -0.2) is 0 Å². The van der Waals surface area contributed by atoms with E-state index in [0.717, 1.165) is 5.56 Å². The van der Waals surface area contributed by atoms with E-state index < -0.39 is 0 Å². The molecule has 0 saturated carbocycles. The van der Waals surface area contributed by atoms with Gasteiger partial charge in [0, 0.05) is 18.9 Å².